The van der Waals surface area contributed by atoms with E-state index in [0.717, 1.165) is 39.5 Å². The highest BCUT2D eigenvalue weighted by Gasteiger charge is 2.23. The molecule has 0 aliphatic rings. The molecule has 0 amide bonds. The van der Waals surface area contributed by atoms with Crippen molar-refractivity contribution in [1.82, 2.24) is 9.13 Å². The van der Waals surface area contributed by atoms with Crippen LogP contribution in [-0.2, 0) is 0 Å². The largest absolute Gasteiger partial charge is 0.309 e. The molecular weight excluding hydrogens is 763 g/mol. The Balaban J connectivity index is 1.06. The minimum absolute atomic E-state index is 1.08. The van der Waals surface area contributed by atoms with Crippen LogP contribution in [0.2, 0.25) is 0 Å². The topological polar surface area (TPSA) is 13.1 Å². The van der Waals surface area contributed by atoms with Crippen LogP contribution in [0.1, 0.15) is 0 Å². The summed E-state index contributed by atoms with van der Waals surface area (Å²) < 4.78 is 4.86. The lowest BCUT2D eigenvalue weighted by atomic mass is 9.96. The van der Waals surface area contributed by atoms with Gasteiger partial charge in [-0.2, -0.15) is 0 Å². The Hall–Kier alpha value is -8.40. The predicted molar refractivity (Wildman–Crippen MR) is 268 cm³/mol. The van der Waals surface area contributed by atoms with Gasteiger partial charge in [0.1, 0.15) is 0 Å². The van der Waals surface area contributed by atoms with Crippen LogP contribution in [0.5, 0.6) is 0 Å². The summed E-state index contributed by atoms with van der Waals surface area (Å²) in [5, 5.41) is 12.4. The third kappa shape index (κ3) is 5.46. The van der Waals surface area contributed by atoms with Crippen LogP contribution in [-0.4, -0.2) is 9.13 Å². The Morgan fingerprint density at radius 3 is 1.46 bits per heavy atom. The number of fused-ring (bicyclic) bond motifs is 11. The number of aromatic nitrogens is 2. The van der Waals surface area contributed by atoms with Crippen LogP contribution in [0.4, 0.5) is 17.1 Å². The van der Waals surface area contributed by atoms with Crippen molar-refractivity contribution in [3.8, 4) is 22.5 Å². The summed E-state index contributed by atoms with van der Waals surface area (Å²) in [5.41, 5.74) is 12.7. The highest BCUT2D eigenvalue weighted by molar-refractivity contribution is 6.19. The van der Waals surface area contributed by atoms with E-state index >= 15 is 0 Å². The molecule has 0 bridgehead atoms. The molecule has 0 fully saturated rings. The molecule has 294 valence electrons. The van der Waals surface area contributed by atoms with Crippen LogP contribution < -0.4 is 4.90 Å². The summed E-state index contributed by atoms with van der Waals surface area (Å²) in [5.74, 6) is 0. The van der Waals surface area contributed by atoms with Crippen molar-refractivity contribution in [3.05, 3.63) is 237 Å². The molecule has 11 aromatic carbocycles. The second kappa shape index (κ2) is 14.1. The summed E-state index contributed by atoms with van der Waals surface area (Å²) in [7, 11) is 0. The second-order valence-corrected chi connectivity index (χ2v) is 16.5. The number of benzene rings is 11. The van der Waals surface area contributed by atoms with Crippen LogP contribution in [0.15, 0.2) is 237 Å². The van der Waals surface area contributed by atoms with E-state index in [1.54, 1.807) is 0 Å². The van der Waals surface area contributed by atoms with Crippen molar-refractivity contribution in [2.45, 2.75) is 0 Å². The van der Waals surface area contributed by atoms with E-state index in [1.165, 1.54) is 76.0 Å². The number of rotatable bonds is 6. The molecule has 63 heavy (non-hydrogen) atoms. The number of hydrogen-bond acceptors (Lipinski definition) is 1. The first-order valence-electron chi connectivity index (χ1n) is 21.7. The van der Waals surface area contributed by atoms with Gasteiger partial charge in [-0.05, 0) is 105 Å². The van der Waals surface area contributed by atoms with Gasteiger partial charge in [0.05, 0.1) is 27.8 Å². The fourth-order valence-electron chi connectivity index (χ4n) is 10.3. The molecule has 2 aromatic heterocycles. The van der Waals surface area contributed by atoms with E-state index in [-0.39, 0.29) is 0 Å². The van der Waals surface area contributed by atoms with Crippen molar-refractivity contribution in [3.63, 3.8) is 0 Å². The molecule has 2 heterocycles. The first-order valence-corrected chi connectivity index (χ1v) is 21.7. The number of anilines is 3. The summed E-state index contributed by atoms with van der Waals surface area (Å²) in [4.78, 5) is 2.46. The summed E-state index contributed by atoms with van der Waals surface area (Å²) in [6.45, 7) is 0. The highest BCUT2D eigenvalue weighted by atomic mass is 15.2. The van der Waals surface area contributed by atoms with Crippen molar-refractivity contribution in [2.24, 2.45) is 0 Å². The zero-order valence-corrected chi connectivity index (χ0v) is 34.4. The van der Waals surface area contributed by atoms with Gasteiger partial charge in [-0.25, -0.2) is 0 Å². The lowest BCUT2D eigenvalue weighted by molar-refractivity contribution is 1.17. The molecular formula is C60H39N3. The molecule has 0 atom stereocenters. The molecule has 13 aromatic rings. The van der Waals surface area contributed by atoms with Crippen LogP contribution in [0, 0.1) is 0 Å². The van der Waals surface area contributed by atoms with E-state index in [1.807, 2.05) is 0 Å². The minimum atomic E-state index is 1.08. The van der Waals surface area contributed by atoms with Crippen LogP contribution in [0.3, 0.4) is 0 Å². The predicted octanol–water partition coefficient (Wildman–Crippen LogP) is 16.5. The Bertz CT molecular complexity index is 3900. The Morgan fingerprint density at radius 2 is 0.778 bits per heavy atom. The maximum atomic E-state index is 2.46. The van der Waals surface area contributed by atoms with Crippen molar-refractivity contribution in [1.29, 1.82) is 0 Å². The van der Waals surface area contributed by atoms with Gasteiger partial charge in [-0.3, -0.25) is 0 Å². The fraction of sp³-hybridized carbons (Fsp3) is 0. The average Bonchev–Trinajstić information content (AvgIpc) is 3.88. The summed E-state index contributed by atoms with van der Waals surface area (Å²) in [6.07, 6.45) is 0. The number of hydrogen-bond donors (Lipinski definition) is 0. The normalized spacial score (nSPS) is 11.8. The standard InChI is InChI=1S/C60H39N3/c1-3-16-43(17-4-1)62-56-26-11-9-21-51(56)53-24-13-23-48(59(53)62)41-29-34-45(35-30-41)61(46-36-31-42-33-37-49-47-20-8-7-15-40(47)32-38-50(49)55(42)39-46)58-28-14-25-54-52-22-10-12-27-57(52)63(60(54)58)44-18-5-2-6-19-44/h1-39H. The Kier molecular flexibility index (Phi) is 7.91. The average molecular weight is 802 g/mol. The molecule has 0 radical (unpaired) electrons. The molecule has 0 N–H and O–H groups in total. The Labute approximate surface area is 364 Å². The zero-order valence-electron chi connectivity index (χ0n) is 34.4. The van der Waals surface area contributed by atoms with Gasteiger partial charge in [0, 0.05) is 49.9 Å². The minimum Gasteiger partial charge on any atom is -0.309 e. The first-order chi connectivity index (χ1) is 31.3. The van der Waals surface area contributed by atoms with E-state index in [0.29, 0.717) is 0 Å². The van der Waals surface area contributed by atoms with Gasteiger partial charge in [0.15, 0.2) is 0 Å². The molecule has 0 aliphatic heterocycles. The lowest BCUT2D eigenvalue weighted by Crippen LogP contribution is -2.11. The molecule has 0 aliphatic carbocycles. The van der Waals surface area contributed by atoms with Crippen molar-refractivity contribution >= 4 is 93.0 Å². The fourth-order valence-corrected chi connectivity index (χ4v) is 10.3. The van der Waals surface area contributed by atoms with Crippen molar-refractivity contribution in [2.75, 3.05) is 4.90 Å². The number of para-hydroxylation sites is 6. The summed E-state index contributed by atoms with van der Waals surface area (Å²) in [6, 6.07) is 86.6. The SMILES string of the molecule is c1ccc(-n2c3ccccc3c3cccc(-c4ccc(N(c5ccc6ccc7c8ccccc8ccc7c6c5)c5cccc6c7ccccc7n(-c7ccccc7)c56)cc4)c32)cc1. The van der Waals surface area contributed by atoms with Gasteiger partial charge in [-0.15, -0.1) is 0 Å². The van der Waals surface area contributed by atoms with Gasteiger partial charge in [0.25, 0.3) is 0 Å². The third-order valence-electron chi connectivity index (χ3n) is 13.1. The molecule has 3 nitrogen and oxygen atoms in total. The maximum Gasteiger partial charge on any atom is 0.0782 e. The Morgan fingerprint density at radius 1 is 0.286 bits per heavy atom. The molecule has 13 rings (SSSR count). The first kappa shape index (κ1) is 35.4. The highest BCUT2D eigenvalue weighted by Crippen LogP contribution is 2.46. The third-order valence-corrected chi connectivity index (χ3v) is 13.1. The maximum absolute atomic E-state index is 2.46. The molecule has 3 heteroatoms. The van der Waals surface area contributed by atoms with Gasteiger partial charge in [0.2, 0.25) is 0 Å². The molecule has 0 saturated heterocycles. The van der Waals surface area contributed by atoms with Crippen LogP contribution >= 0.6 is 0 Å². The molecule has 0 spiro atoms. The van der Waals surface area contributed by atoms with Crippen molar-refractivity contribution < 1.29 is 0 Å². The van der Waals surface area contributed by atoms with Gasteiger partial charge in [-0.1, -0.05) is 170 Å². The quantitative estimate of drug-likeness (QED) is 0.153. The van der Waals surface area contributed by atoms with E-state index in [2.05, 4.69) is 251 Å². The number of nitrogens with zero attached hydrogens (tertiary/aromatic N) is 3. The van der Waals surface area contributed by atoms with Gasteiger partial charge < -0.3 is 14.0 Å². The second-order valence-electron chi connectivity index (χ2n) is 16.5. The molecule has 0 saturated carbocycles. The zero-order chi connectivity index (χ0) is 41.4. The van der Waals surface area contributed by atoms with Crippen LogP contribution in [0.25, 0.3) is 98.4 Å². The lowest BCUT2D eigenvalue weighted by Gasteiger charge is -2.28. The smallest absolute Gasteiger partial charge is 0.0782 e. The van der Waals surface area contributed by atoms with E-state index in [9.17, 15) is 0 Å². The monoisotopic (exact) mass is 801 g/mol. The molecule has 0 unspecified atom stereocenters. The van der Waals surface area contributed by atoms with E-state index < -0.39 is 0 Å². The van der Waals surface area contributed by atoms with Gasteiger partial charge >= 0.3 is 0 Å². The summed E-state index contributed by atoms with van der Waals surface area (Å²) >= 11 is 0. The van der Waals surface area contributed by atoms with E-state index in [4.69, 9.17) is 0 Å².